The number of ether oxygens (including phenoxy) is 1. The molecule has 6 heteroatoms. The van der Waals surface area contributed by atoms with Crippen molar-refractivity contribution in [2.24, 2.45) is 0 Å². The van der Waals surface area contributed by atoms with Crippen molar-refractivity contribution in [1.29, 1.82) is 0 Å². The van der Waals surface area contributed by atoms with Crippen LogP contribution in [0.5, 0.6) is 5.75 Å². The lowest BCUT2D eigenvalue weighted by Gasteiger charge is -2.18. The Morgan fingerprint density at radius 2 is 2.39 bits per heavy atom. The highest BCUT2D eigenvalue weighted by molar-refractivity contribution is 5.99. The van der Waals surface area contributed by atoms with Crippen molar-refractivity contribution in [3.05, 3.63) is 23.8 Å². The molecule has 1 unspecified atom stereocenters. The molecule has 6 nitrogen and oxygen atoms in total. The van der Waals surface area contributed by atoms with Crippen molar-refractivity contribution in [3.63, 3.8) is 0 Å². The predicted octanol–water partition coefficient (Wildman–Crippen LogP) is 0.128. The lowest BCUT2D eigenvalue weighted by Crippen LogP contribution is -2.35. The van der Waals surface area contributed by atoms with E-state index >= 15 is 0 Å². The molecule has 1 atom stereocenters. The summed E-state index contributed by atoms with van der Waals surface area (Å²) >= 11 is 0. The van der Waals surface area contributed by atoms with Crippen LogP contribution in [0.25, 0.3) is 0 Å². The molecule has 0 bridgehead atoms. The van der Waals surface area contributed by atoms with E-state index in [4.69, 9.17) is 9.84 Å². The number of hydrogen-bond donors (Lipinski definition) is 3. The van der Waals surface area contributed by atoms with E-state index in [-0.39, 0.29) is 31.1 Å². The summed E-state index contributed by atoms with van der Waals surface area (Å²) in [6, 6.07) is 4.47. The number of benzene rings is 1. The van der Waals surface area contributed by atoms with Gasteiger partial charge in [-0.3, -0.25) is 9.59 Å². The third kappa shape index (κ3) is 2.60. The monoisotopic (exact) mass is 250 g/mol. The summed E-state index contributed by atoms with van der Waals surface area (Å²) in [4.78, 5) is 23.0. The summed E-state index contributed by atoms with van der Waals surface area (Å²) in [7, 11) is 0. The summed E-state index contributed by atoms with van der Waals surface area (Å²) in [6.07, 6.45) is 0. The van der Waals surface area contributed by atoms with Gasteiger partial charge in [0.1, 0.15) is 5.75 Å². The molecule has 2 amide bonds. The van der Waals surface area contributed by atoms with Gasteiger partial charge >= 0.3 is 0 Å². The first kappa shape index (κ1) is 12.4. The van der Waals surface area contributed by atoms with Gasteiger partial charge in [-0.25, -0.2) is 0 Å². The van der Waals surface area contributed by atoms with Crippen LogP contribution in [-0.2, 0) is 4.79 Å². The van der Waals surface area contributed by atoms with E-state index in [1.807, 2.05) is 0 Å². The second-order valence-electron chi connectivity index (χ2n) is 4.10. The molecule has 0 spiro atoms. The Balaban J connectivity index is 2.17. The molecule has 0 aliphatic carbocycles. The molecule has 0 saturated heterocycles. The van der Waals surface area contributed by atoms with Gasteiger partial charge in [0.15, 0.2) is 6.61 Å². The van der Waals surface area contributed by atoms with Crippen LogP contribution >= 0.6 is 0 Å². The SMILES string of the molecule is CC(CO)NC(=O)c1ccc2c(c1)NC(=O)CO2. The largest absolute Gasteiger partial charge is 0.482 e. The molecular formula is C12H14N2O4. The predicted molar refractivity (Wildman–Crippen MR) is 64.6 cm³/mol. The summed E-state index contributed by atoms with van der Waals surface area (Å²) < 4.78 is 5.19. The lowest BCUT2D eigenvalue weighted by molar-refractivity contribution is -0.118. The number of hydrogen-bond acceptors (Lipinski definition) is 4. The minimum atomic E-state index is -0.320. The molecule has 3 N–H and O–H groups in total. The normalized spacial score (nSPS) is 15.1. The Kier molecular flexibility index (Phi) is 3.47. The zero-order valence-corrected chi connectivity index (χ0v) is 9.90. The van der Waals surface area contributed by atoms with E-state index in [1.165, 1.54) is 0 Å². The average Bonchev–Trinajstić information content (AvgIpc) is 2.37. The van der Waals surface area contributed by atoms with E-state index in [1.54, 1.807) is 25.1 Å². The van der Waals surface area contributed by atoms with Gasteiger partial charge in [0.25, 0.3) is 11.8 Å². The fourth-order valence-electron chi connectivity index (χ4n) is 1.58. The maximum atomic E-state index is 11.8. The first-order valence-electron chi connectivity index (χ1n) is 5.58. The van der Waals surface area contributed by atoms with E-state index in [0.717, 1.165) is 0 Å². The third-order valence-electron chi connectivity index (χ3n) is 2.53. The number of rotatable bonds is 3. The first-order valence-corrected chi connectivity index (χ1v) is 5.58. The molecule has 0 saturated carbocycles. The van der Waals surface area contributed by atoms with Gasteiger partial charge in [0, 0.05) is 11.6 Å². The van der Waals surface area contributed by atoms with Crippen molar-refractivity contribution in [1.82, 2.24) is 5.32 Å². The van der Waals surface area contributed by atoms with E-state index in [9.17, 15) is 9.59 Å². The summed E-state index contributed by atoms with van der Waals surface area (Å²) in [5.74, 6) is -0.00989. The summed E-state index contributed by atoms with van der Waals surface area (Å²) in [5, 5.41) is 14.1. The fourth-order valence-corrected chi connectivity index (χ4v) is 1.58. The van der Waals surface area contributed by atoms with Crippen LogP contribution in [0.1, 0.15) is 17.3 Å². The molecule has 1 aromatic rings. The zero-order valence-electron chi connectivity index (χ0n) is 9.90. The standard InChI is InChI=1S/C12H14N2O4/c1-7(5-15)13-12(17)8-2-3-10-9(4-8)14-11(16)6-18-10/h2-4,7,15H,5-6H2,1H3,(H,13,17)(H,14,16). The molecule has 2 rings (SSSR count). The Morgan fingerprint density at radius 3 is 3.11 bits per heavy atom. The van der Waals surface area contributed by atoms with Gasteiger partial charge < -0.3 is 20.5 Å². The number of nitrogens with one attached hydrogen (secondary N) is 2. The van der Waals surface area contributed by atoms with Gasteiger partial charge in [0.2, 0.25) is 0 Å². The van der Waals surface area contributed by atoms with Crippen molar-refractivity contribution >= 4 is 17.5 Å². The highest BCUT2D eigenvalue weighted by Crippen LogP contribution is 2.28. The van der Waals surface area contributed by atoms with Gasteiger partial charge in [-0.2, -0.15) is 0 Å². The fraction of sp³-hybridized carbons (Fsp3) is 0.333. The Labute approximate surface area is 104 Å². The number of carbonyl (C=O) groups excluding carboxylic acids is 2. The average molecular weight is 250 g/mol. The molecule has 0 radical (unpaired) electrons. The second kappa shape index (κ2) is 5.05. The molecule has 1 heterocycles. The molecule has 0 fully saturated rings. The number of aliphatic hydroxyl groups is 1. The molecule has 18 heavy (non-hydrogen) atoms. The van der Waals surface area contributed by atoms with Crippen LogP contribution in [0.4, 0.5) is 5.69 Å². The number of anilines is 1. The Hall–Kier alpha value is -2.08. The van der Waals surface area contributed by atoms with Crippen LogP contribution in [0.2, 0.25) is 0 Å². The molecular weight excluding hydrogens is 236 g/mol. The van der Waals surface area contributed by atoms with Crippen molar-refractivity contribution in [2.75, 3.05) is 18.5 Å². The summed E-state index contributed by atoms with van der Waals surface area (Å²) in [5.41, 5.74) is 0.885. The van der Waals surface area contributed by atoms with Gasteiger partial charge in [-0.05, 0) is 25.1 Å². The number of fused-ring (bicyclic) bond motifs is 1. The summed E-state index contributed by atoms with van der Waals surface area (Å²) in [6.45, 7) is 1.55. The first-order chi connectivity index (χ1) is 8.60. The molecule has 96 valence electrons. The number of aliphatic hydroxyl groups excluding tert-OH is 1. The van der Waals surface area contributed by atoms with Gasteiger partial charge in [0.05, 0.1) is 12.3 Å². The highest BCUT2D eigenvalue weighted by Gasteiger charge is 2.18. The minimum absolute atomic E-state index is 0.0138. The number of amides is 2. The second-order valence-corrected chi connectivity index (χ2v) is 4.10. The molecule has 1 aromatic carbocycles. The van der Waals surface area contributed by atoms with Crippen molar-refractivity contribution < 1.29 is 19.4 Å². The Morgan fingerprint density at radius 1 is 1.61 bits per heavy atom. The molecule has 1 aliphatic heterocycles. The quantitative estimate of drug-likeness (QED) is 0.711. The zero-order chi connectivity index (χ0) is 13.1. The molecule has 0 aromatic heterocycles. The Bertz CT molecular complexity index is 487. The number of carbonyl (C=O) groups is 2. The molecule has 1 aliphatic rings. The smallest absolute Gasteiger partial charge is 0.262 e. The van der Waals surface area contributed by atoms with Gasteiger partial charge in [-0.15, -0.1) is 0 Å². The third-order valence-corrected chi connectivity index (χ3v) is 2.53. The maximum Gasteiger partial charge on any atom is 0.262 e. The van der Waals surface area contributed by atoms with Gasteiger partial charge in [-0.1, -0.05) is 0 Å². The van der Waals surface area contributed by atoms with Crippen LogP contribution in [0, 0.1) is 0 Å². The van der Waals surface area contributed by atoms with Crippen LogP contribution in [-0.4, -0.2) is 36.2 Å². The topological polar surface area (TPSA) is 87.7 Å². The maximum absolute atomic E-state index is 11.8. The highest BCUT2D eigenvalue weighted by atomic mass is 16.5. The van der Waals surface area contributed by atoms with E-state index in [0.29, 0.717) is 17.0 Å². The van der Waals surface area contributed by atoms with Crippen LogP contribution < -0.4 is 15.4 Å². The minimum Gasteiger partial charge on any atom is -0.482 e. The van der Waals surface area contributed by atoms with Crippen molar-refractivity contribution in [2.45, 2.75) is 13.0 Å². The van der Waals surface area contributed by atoms with Crippen LogP contribution in [0.3, 0.4) is 0 Å². The van der Waals surface area contributed by atoms with Crippen LogP contribution in [0.15, 0.2) is 18.2 Å². The van der Waals surface area contributed by atoms with Crippen molar-refractivity contribution in [3.8, 4) is 5.75 Å². The van der Waals surface area contributed by atoms with E-state index < -0.39 is 0 Å². The van der Waals surface area contributed by atoms with E-state index in [2.05, 4.69) is 10.6 Å². The lowest BCUT2D eigenvalue weighted by atomic mass is 10.1.